The van der Waals surface area contributed by atoms with E-state index in [-0.39, 0.29) is 12.0 Å². The van der Waals surface area contributed by atoms with Crippen LogP contribution in [0.5, 0.6) is 5.75 Å². The number of rotatable bonds is 6. The molecule has 0 atom stereocenters. The van der Waals surface area contributed by atoms with Crippen molar-refractivity contribution in [1.29, 1.82) is 0 Å². The molecule has 116 valence electrons. The van der Waals surface area contributed by atoms with Crippen LogP contribution in [0, 0.1) is 5.41 Å². The molecule has 0 bridgehead atoms. The van der Waals surface area contributed by atoms with Crippen molar-refractivity contribution < 1.29 is 14.6 Å². The molecule has 2 aromatic rings. The van der Waals surface area contributed by atoms with Crippen molar-refractivity contribution in [2.45, 2.75) is 6.42 Å². The third-order valence-electron chi connectivity index (χ3n) is 3.95. The maximum atomic E-state index is 9.48. The van der Waals surface area contributed by atoms with Crippen LogP contribution in [0.1, 0.15) is 11.1 Å². The van der Waals surface area contributed by atoms with Crippen LogP contribution < -0.4 is 4.74 Å². The lowest BCUT2D eigenvalue weighted by atomic mass is 9.88. The zero-order valence-electron chi connectivity index (χ0n) is 12.3. The van der Waals surface area contributed by atoms with Crippen LogP contribution >= 0.6 is 11.6 Å². The summed E-state index contributed by atoms with van der Waals surface area (Å²) in [6.45, 7) is 1.62. The summed E-state index contributed by atoms with van der Waals surface area (Å²) in [5.41, 5.74) is 1.99. The van der Waals surface area contributed by atoms with E-state index in [2.05, 4.69) is 12.1 Å². The van der Waals surface area contributed by atoms with Gasteiger partial charge in [-0.05, 0) is 29.3 Å². The molecule has 0 amide bonds. The van der Waals surface area contributed by atoms with E-state index >= 15 is 0 Å². The first kappa shape index (κ1) is 15.3. The molecule has 0 aromatic heterocycles. The van der Waals surface area contributed by atoms with E-state index in [0.29, 0.717) is 24.8 Å². The Kier molecular flexibility index (Phi) is 4.67. The topological polar surface area (TPSA) is 38.7 Å². The standard InChI is InChI=1S/C18H19ClO3/c19-16-6-7-17(22-13-18(10-20)11-21-12-18)15(9-16)8-14-4-2-1-3-5-14/h1-7,9,20H,8,10-13H2. The Balaban J connectivity index is 1.76. The summed E-state index contributed by atoms with van der Waals surface area (Å²) in [4.78, 5) is 0. The average molecular weight is 319 g/mol. The second-order valence-electron chi connectivity index (χ2n) is 5.85. The minimum absolute atomic E-state index is 0.0780. The van der Waals surface area contributed by atoms with Crippen LogP contribution in [0.15, 0.2) is 48.5 Å². The van der Waals surface area contributed by atoms with E-state index in [0.717, 1.165) is 17.7 Å². The SMILES string of the molecule is OCC1(COc2ccc(Cl)cc2Cc2ccccc2)COC1. The van der Waals surface area contributed by atoms with Crippen molar-refractivity contribution in [3.05, 3.63) is 64.7 Å². The van der Waals surface area contributed by atoms with Crippen LogP contribution in [0.3, 0.4) is 0 Å². The van der Waals surface area contributed by atoms with Crippen molar-refractivity contribution in [1.82, 2.24) is 0 Å². The molecule has 1 aliphatic rings. The zero-order chi connectivity index (χ0) is 15.4. The first-order valence-electron chi connectivity index (χ1n) is 7.35. The minimum Gasteiger partial charge on any atom is -0.492 e. The summed E-state index contributed by atoms with van der Waals surface area (Å²) >= 11 is 6.12. The lowest BCUT2D eigenvalue weighted by Gasteiger charge is -2.39. The lowest BCUT2D eigenvalue weighted by Crippen LogP contribution is -2.50. The van der Waals surface area contributed by atoms with Crippen molar-refractivity contribution >= 4 is 11.6 Å². The first-order chi connectivity index (χ1) is 10.7. The molecule has 1 fully saturated rings. The van der Waals surface area contributed by atoms with Gasteiger partial charge in [0.1, 0.15) is 12.4 Å². The third kappa shape index (κ3) is 3.43. The van der Waals surface area contributed by atoms with E-state index in [1.54, 1.807) is 0 Å². The molecule has 4 heteroatoms. The highest BCUT2D eigenvalue weighted by atomic mass is 35.5. The highest BCUT2D eigenvalue weighted by Crippen LogP contribution is 2.31. The Hall–Kier alpha value is -1.55. The van der Waals surface area contributed by atoms with E-state index < -0.39 is 0 Å². The summed E-state index contributed by atoms with van der Waals surface area (Å²) in [6.07, 6.45) is 0.763. The van der Waals surface area contributed by atoms with E-state index in [1.165, 1.54) is 5.56 Å². The fourth-order valence-electron chi connectivity index (χ4n) is 2.48. The Morgan fingerprint density at radius 2 is 1.91 bits per heavy atom. The van der Waals surface area contributed by atoms with Gasteiger partial charge in [-0.1, -0.05) is 41.9 Å². The first-order valence-corrected chi connectivity index (χ1v) is 7.72. The summed E-state index contributed by atoms with van der Waals surface area (Å²) in [7, 11) is 0. The van der Waals surface area contributed by atoms with Gasteiger partial charge in [-0.3, -0.25) is 0 Å². The number of hydrogen-bond donors (Lipinski definition) is 1. The third-order valence-corrected chi connectivity index (χ3v) is 4.18. The molecule has 1 N–H and O–H groups in total. The molecular formula is C18H19ClO3. The van der Waals surface area contributed by atoms with Gasteiger partial charge in [-0.15, -0.1) is 0 Å². The number of halogens is 1. The van der Waals surface area contributed by atoms with Crippen LogP contribution in [-0.2, 0) is 11.2 Å². The molecule has 1 aliphatic heterocycles. The second-order valence-corrected chi connectivity index (χ2v) is 6.29. The number of benzene rings is 2. The molecule has 0 radical (unpaired) electrons. The van der Waals surface area contributed by atoms with Crippen molar-refractivity contribution in [2.75, 3.05) is 26.4 Å². The van der Waals surface area contributed by atoms with Crippen LogP contribution in [0.25, 0.3) is 0 Å². The van der Waals surface area contributed by atoms with E-state index in [9.17, 15) is 5.11 Å². The molecule has 0 aliphatic carbocycles. The Labute approximate surface area is 135 Å². The number of aliphatic hydroxyl groups excluding tert-OH is 1. The monoisotopic (exact) mass is 318 g/mol. The Morgan fingerprint density at radius 3 is 2.55 bits per heavy atom. The zero-order valence-corrected chi connectivity index (χ0v) is 13.1. The largest absolute Gasteiger partial charge is 0.492 e. The van der Waals surface area contributed by atoms with Gasteiger partial charge >= 0.3 is 0 Å². The molecule has 0 unspecified atom stereocenters. The van der Waals surface area contributed by atoms with E-state index in [4.69, 9.17) is 21.1 Å². The summed E-state index contributed by atoms with van der Waals surface area (Å²) in [5.74, 6) is 0.813. The molecule has 2 aromatic carbocycles. The maximum Gasteiger partial charge on any atom is 0.122 e. The van der Waals surface area contributed by atoms with Gasteiger partial charge in [0.2, 0.25) is 0 Å². The molecule has 0 spiro atoms. The van der Waals surface area contributed by atoms with Crippen LogP contribution in [-0.4, -0.2) is 31.5 Å². The molecule has 1 heterocycles. The van der Waals surface area contributed by atoms with Gasteiger partial charge in [0, 0.05) is 11.4 Å². The molecule has 0 saturated carbocycles. The maximum absolute atomic E-state index is 9.48. The second kappa shape index (κ2) is 6.69. The van der Waals surface area contributed by atoms with Gasteiger partial charge in [-0.25, -0.2) is 0 Å². The molecule has 22 heavy (non-hydrogen) atoms. The summed E-state index contributed by atoms with van der Waals surface area (Å²) < 4.78 is 11.2. The van der Waals surface area contributed by atoms with Crippen LogP contribution in [0.2, 0.25) is 5.02 Å². The minimum atomic E-state index is -0.260. The molecule has 3 rings (SSSR count). The molecule has 3 nitrogen and oxygen atoms in total. The number of aliphatic hydroxyl groups is 1. The Bertz CT molecular complexity index is 618. The normalized spacial score (nSPS) is 16.1. The fourth-order valence-corrected chi connectivity index (χ4v) is 2.68. The summed E-state index contributed by atoms with van der Waals surface area (Å²) in [5, 5.41) is 10.2. The van der Waals surface area contributed by atoms with Gasteiger partial charge in [-0.2, -0.15) is 0 Å². The predicted octanol–water partition coefficient (Wildman–Crippen LogP) is 3.32. The summed E-state index contributed by atoms with van der Waals surface area (Å²) in [6, 6.07) is 15.9. The van der Waals surface area contributed by atoms with Crippen molar-refractivity contribution in [3.63, 3.8) is 0 Å². The highest BCUT2D eigenvalue weighted by Gasteiger charge is 2.39. The average Bonchev–Trinajstić information content (AvgIpc) is 2.49. The molecular weight excluding hydrogens is 300 g/mol. The molecule has 1 saturated heterocycles. The van der Waals surface area contributed by atoms with Gasteiger partial charge in [0.15, 0.2) is 0 Å². The lowest BCUT2D eigenvalue weighted by molar-refractivity contribution is -0.153. The van der Waals surface area contributed by atoms with Gasteiger partial charge in [0.25, 0.3) is 0 Å². The highest BCUT2D eigenvalue weighted by molar-refractivity contribution is 6.30. The Morgan fingerprint density at radius 1 is 1.14 bits per heavy atom. The number of hydrogen-bond acceptors (Lipinski definition) is 3. The quantitative estimate of drug-likeness (QED) is 0.888. The smallest absolute Gasteiger partial charge is 0.122 e. The van der Waals surface area contributed by atoms with Gasteiger partial charge < -0.3 is 14.6 Å². The van der Waals surface area contributed by atoms with Gasteiger partial charge in [0.05, 0.1) is 25.2 Å². The van der Waals surface area contributed by atoms with E-state index in [1.807, 2.05) is 36.4 Å². The fraction of sp³-hybridized carbons (Fsp3) is 0.333. The van der Waals surface area contributed by atoms with Crippen molar-refractivity contribution in [2.24, 2.45) is 5.41 Å². The van der Waals surface area contributed by atoms with Crippen molar-refractivity contribution in [3.8, 4) is 5.75 Å². The predicted molar refractivity (Wildman–Crippen MR) is 86.5 cm³/mol. The van der Waals surface area contributed by atoms with Crippen LogP contribution in [0.4, 0.5) is 0 Å². The number of ether oxygens (including phenoxy) is 2.